The molecule has 8 heteroatoms. The first-order valence-corrected chi connectivity index (χ1v) is 6.07. The van der Waals surface area contributed by atoms with E-state index in [1.165, 1.54) is 0 Å². The third kappa shape index (κ3) is 4.01. The molecule has 0 fully saturated rings. The van der Waals surface area contributed by atoms with Crippen molar-refractivity contribution in [2.75, 3.05) is 0 Å². The van der Waals surface area contributed by atoms with E-state index in [2.05, 4.69) is 10.1 Å². The highest BCUT2D eigenvalue weighted by Gasteiger charge is 2.08. The third-order valence-electron chi connectivity index (χ3n) is 1.92. The van der Waals surface area contributed by atoms with E-state index >= 15 is 0 Å². The first kappa shape index (κ1) is 15.0. The quantitative estimate of drug-likeness (QED) is 0.656. The molecular weight excluding hydrogens is 340 g/mol. The van der Waals surface area contributed by atoms with Crippen LogP contribution in [0.15, 0.2) is 28.8 Å². The van der Waals surface area contributed by atoms with Crippen LogP contribution in [-0.4, -0.2) is 15.3 Å². The monoisotopic (exact) mass is 348 g/mol. The van der Waals surface area contributed by atoms with Crippen molar-refractivity contribution in [2.24, 2.45) is 5.73 Å². The molecule has 0 radical (unpaired) electrons. The van der Waals surface area contributed by atoms with Crippen LogP contribution in [0.4, 0.5) is 0 Å². The summed E-state index contributed by atoms with van der Waals surface area (Å²) in [7, 11) is 0. The second kappa shape index (κ2) is 6.77. The van der Waals surface area contributed by atoms with Crippen molar-refractivity contribution < 1.29 is 4.52 Å². The maximum atomic E-state index is 7.07. The lowest BCUT2D eigenvalue weighted by molar-refractivity contribution is 0.392. The summed E-state index contributed by atoms with van der Waals surface area (Å²) in [6.45, 7) is 0. The third-order valence-corrected chi connectivity index (χ3v) is 2.88. The lowest BCUT2D eigenvalue weighted by Crippen LogP contribution is -2.03. The van der Waals surface area contributed by atoms with Gasteiger partial charge in [-0.25, -0.2) is 0 Å². The van der Waals surface area contributed by atoms with Crippen LogP contribution in [0.3, 0.4) is 0 Å². The van der Waals surface area contributed by atoms with Gasteiger partial charge in [0.2, 0.25) is 11.7 Å². The van der Waals surface area contributed by atoms with Crippen LogP contribution >= 0.6 is 40.3 Å². The second-order valence-electron chi connectivity index (χ2n) is 3.17. The molecule has 0 saturated carbocycles. The number of benzene rings is 1. The summed E-state index contributed by atoms with van der Waals surface area (Å²) < 4.78 is 5.03. The van der Waals surface area contributed by atoms with Gasteiger partial charge in [-0.2, -0.15) is 4.98 Å². The smallest absolute Gasteiger partial charge is 0.237 e. The van der Waals surface area contributed by atoms with Gasteiger partial charge in [-0.1, -0.05) is 28.5 Å². The lowest BCUT2D eigenvalue weighted by Gasteiger charge is -1.93. The first-order chi connectivity index (χ1) is 8.15. The number of amidine groups is 1. The van der Waals surface area contributed by atoms with Crippen LogP contribution in [0.1, 0.15) is 5.89 Å². The number of nitrogens with one attached hydrogen (secondary N) is 1. The molecule has 0 aliphatic rings. The van der Waals surface area contributed by atoms with E-state index in [0.29, 0.717) is 22.5 Å². The minimum atomic E-state index is 0. The summed E-state index contributed by atoms with van der Waals surface area (Å²) in [6, 6.07) is 7.15. The van der Waals surface area contributed by atoms with Crippen molar-refractivity contribution in [2.45, 2.75) is 5.75 Å². The Morgan fingerprint density at radius 2 is 2.06 bits per heavy atom. The van der Waals surface area contributed by atoms with Crippen LogP contribution in [0, 0.1) is 5.41 Å². The molecule has 1 heterocycles. The normalized spacial score (nSPS) is 9.83. The molecule has 0 aliphatic heterocycles. The van der Waals surface area contributed by atoms with E-state index < -0.39 is 0 Å². The van der Waals surface area contributed by atoms with Gasteiger partial charge in [0.05, 0.1) is 5.75 Å². The number of nitrogens with two attached hydrogens (primary N) is 1. The fourth-order valence-corrected chi connectivity index (χ4v) is 1.69. The van der Waals surface area contributed by atoms with Crippen molar-refractivity contribution in [3.63, 3.8) is 0 Å². The molecule has 18 heavy (non-hydrogen) atoms. The van der Waals surface area contributed by atoms with E-state index in [-0.39, 0.29) is 22.1 Å². The standard InChI is InChI=1S/C10H9ClN4OS.BrH/c11-7-3-1-6(2-4-7)9-14-8(16-15-9)5-17-10(12)13;/h1-4H,5H2,(H3,12,13);1H. The van der Waals surface area contributed by atoms with Crippen molar-refractivity contribution in [3.05, 3.63) is 35.2 Å². The van der Waals surface area contributed by atoms with Crippen LogP contribution in [0.25, 0.3) is 11.4 Å². The molecule has 0 saturated heterocycles. The number of halogens is 2. The molecule has 3 N–H and O–H groups in total. The lowest BCUT2D eigenvalue weighted by atomic mass is 10.2. The molecule has 0 amide bonds. The zero-order valence-corrected chi connectivity index (χ0v) is 12.4. The van der Waals surface area contributed by atoms with E-state index in [1.54, 1.807) is 12.1 Å². The molecule has 1 aromatic heterocycles. The second-order valence-corrected chi connectivity index (χ2v) is 4.63. The van der Waals surface area contributed by atoms with Crippen molar-refractivity contribution in [1.29, 1.82) is 5.41 Å². The molecule has 2 aromatic rings. The molecule has 0 aliphatic carbocycles. The fraction of sp³-hybridized carbons (Fsp3) is 0.100. The highest BCUT2D eigenvalue weighted by atomic mass is 79.9. The van der Waals surface area contributed by atoms with Gasteiger partial charge >= 0.3 is 0 Å². The number of rotatable bonds is 3. The molecular formula is C10H10BrClN4OS. The Hall–Kier alpha value is -1.05. The van der Waals surface area contributed by atoms with Crippen LogP contribution in [0.5, 0.6) is 0 Å². The molecule has 2 rings (SSSR count). The van der Waals surface area contributed by atoms with Gasteiger partial charge in [0.15, 0.2) is 5.17 Å². The molecule has 0 bridgehead atoms. The predicted octanol–water partition coefficient (Wildman–Crippen LogP) is 3.09. The van der Waals surface area contributed by atoms with Gasteiger partial charge in [0.25, 0.3) is 0 Å². The fourth-order valence-electron chi connectivity index (χ4n) is 1.17. The minimum Gasteiger partial charge on any atom is -0.379 e. The van der Waals surface area contributed by atoms with Gasteiger partial charge in [0, 0.05) is 10.6 Å². The summed E-state index contributed by atoms with van der Waals surface area (Å²) in [4.78, 5) is 4.19. The summed E-state index contributed by atoms with van der Waals surface area (Å²) in [5.74, 6) is 1.34. The van der Waals surface area contributed by atoms with Crippen LogP contribution in [-0.2, 0) is 5.75 Å². The minimum absolute atomic E-state index is 0. The zero-order chi connectivity index (χ0) is 12.3. The average molecular weight is 350 g/mol. The van der Waals surface area contributed by atoms with Crippen LogP contribution < -0.4 is 5.73 Å². The summed E-state index contributed by atoms with van der Waals surface area (Å²) in [5.41, 5.74) is 6.05. The topological polar surface area (TPSA) is 88.8 Å². The number of aromatic nitrogens is 2. The van der Waals surface area contributed by atoms with Gasteiger partial charge in [-0.05, 0) is 24.3 Å². The molecule has 0 atom stereocenters. The molecule has 96 valence electrons. The highest BCUT2D eigenvalue weighted by Crippen LogP contribution is 2.19. The largest absolute Gasteiger partial charge is 0.379 e. The van der Waals surface area contributed by atoms with Gasteiger partial charge < -0.3 is 10.3 Å². The van der Waals surface area contributed by atoms with E-state index in [1.807, 2.05) is 12.1 Å². The number of nitrogens with zero attached hydrogens (tertiary/aromatic N) is 2. The Bertz CT molecular complexity index is 531. The SMILES string of the molecule is Br.N=C(N)SCc1nc(-c2ccc(Cl)cc2)no1. The van der Waals surface area contributed by atoms with E-state index in [4.69, 9.17) is 27.3 Å². The molecule has 0 unspecified atom stereocenters. The van der Waals surface area contributed by atoms with Gasteiger partial charge in [0.1, 0.15) is 0 Å². The average Bonchev–Trinajstić information content (AvgIpc) is 2.76. The molecule has 1 aromatic carbocycles. The summed E-state index contributed by atoms with van der Waals surface area (Å²) >= 11 is 6.92. The molecule has 0 spiro atoms. The highest BCUT2D eigenvalue weighted by molar-refractivity contribution is 8.93. The van der Waals surface area contributed by atoms with E-state index in [9.17, 15) is 0 Å². The van der Waals surface area contributed by atoms with Gasteiger partial charge in [-0.3, -0.25) is 5.41 Å². The Morgan fingerprint density at radius 1 is 1.39 bits per heavy atom. The predicted molar refractivity (Wildman–Crippen MR) is 78.3 cm³/mol. The summed E-state index contributed by atoms with van der Waals surface area (Å²) in [6.07, 6.45) is 0. The Balaban J connectivity index is 0.00000162. The Kier molecular flexibility index (Phi) is 5.64. The number of thioether (sulfide) groups is 1. The first-order valence-electron chi connectivity index (χ1n) is 4.70. The van der Waals surface area contributed by atoms with Gasteiger partial charge in [-0.15, -0.1) is 17.0 Å². The maximum absolute atomic E-state index is 7.07. The summed E-state index contributed by atoms with van der Waals surface area (Å²) in [5, 5.41) is 11.6. The Labute approximate surface area is 123 Å². The number of hydrogen-bond acceptors (Lipinski definition) is 5. The zero-order valence-electron chi connectivity index (χ0n) is 9.09. The maximum Gasteiger partial charge on any atom is 0.237 e. The van der Waals surface area contributed by atoms with Crippen molar-refractivity contribution in [3.8, 4) is 11.4 Å². The van der Waals surface area contributed by atoms with E-state index in [0.717, 1.165) is 17.3 Å². The number of hydrogen-bond donors (Lipinski definition) is 2. The van der Waals surface area contributed by atoms with Crippen LogP contribution in [0.2, 0.25) is 5.02 Å². The van der Waals surface area contributed by atoms with Crippen molar-refractivity contribution in [1.82, 2.24) is 10.1 Å². The molecule has 5 nitrogen and oxygen atoms in total. The Morgan fingerprint density at radius 3 is 2.67 bits per heavy atom. The van der Waals surface area contributed by atoms with Crippen molar-refractivity contribution >= 4 is 45.5 Å².